The molecule has 18 heavy (non-hydrogen) atoms. The first kappa shape index (κ1) is 11.9. The van der Waals surface area contributed by atoms with Gasteiger partial charge in [-0.1, -0.05) is 5.16 Å². The molecule has 0 saturated carbocycles. The van der Waals surface area contributed by atoms with Gasteiger partial charge in [-0.25, -0.2) is 0 Å². The minimum atomic E-state index is -0.438. The van der Waals surface area contributed by atoms with E-state index in [-0.39, 0.29) is 17.1 Å². The first-order valence-corrected chi connectivity index (χ1v) is 5.22. The van der Waals surface area contributed by atoms with Crippen molar-refractivity contribution < 1.29 is 19.5 Å². The molecular formula is C11H11N3O4. The van der Waals surface area contributed by atoms with Crippen LogP contribution in [0.15, 0.2) is 29.0 Å². The van der Waals surface area contributed by atoms with Gasteiger partial charge in [-0.15, -0.1) is 0 Å². The van der Waals surface area contributed by atoms with Gasteiger partial charge in [0.15, 0.2) is 6.33 Å². The Bertz CT molecular complexity index is 539. The molecule has 94 valence electrons. The molecule has 0 unspecified atom stereocenters. The first-order valence-electron chi connectivity index (χ1n) is 5.22. The van der Waals surface area contributed by atoms with Crippen LogP contribution in [-0.4, -0.2) is 32.8 Å². The smallest absolute Gasteiger partial charge is 0.255 e. The van der Waals surface area contributed by atoms with Crippen molar-refractivity contribution in [3.8, 4) is 11.5 Å². The molecular weight excluding hydrogens is 238 g/mol. The molecule has 0 fully saturated rings. The van der Waals surface area contributed by atoms with Gasteiger partial charge in [-0.05, 0) is 12.1 Å². The molecule has 1 heterocycles. The van der Waals surface area contributed by atoms with Crippen molar-refractivity contribution in [3.05, 3.63) is 36.0 Å². The molecule has 7 nitrogen and oxygen atoms in total. The maximum atomic E-state index is 11.7. The first-order chi connectivity index (χ1) is 8.66. The molecule has 1 amide bonds. The highest BCUT2D eigenvalue weighted by atomic mass is 16.5. The van der Waals surface area contributed by atoms with E-state index in [0.29, 0.717) is 18.9 Å². The number of rotatable bonds is 4. The topological polar surface area (TPSA) is 108 Å². The number of hydrogen-bond acceptors (Lipinski definition) is 6. The van der Waals surface area contributed by atoms with Crippen molar-refractivity contribution in [1.82, 2.24) is 15.5 Å². The molecule has 1 aromatic heterocycles. The molecule has 0 bridgehead atoms. The van der Waals surface area contributed by atoms with Crippen LogP contribution < -0.4 is 5.32 Å². The molecule has 0 atom stereocenters. The zero-order chi connectivity index (χ0) is 13.0. The molecule has 1 aromatic carbocycles. The van der Waals surface area contributed by atoms with Crippen molar-refractivity contribution >= 4 is 5.91 Å². The van der Waals surface area contributed by atoms with E-state index in [9.17, 15) is 9.90 Å². The lowest BCUT2D eigenvalue weighted by atomic mass is 10.2. The largest absolute Gasteiger partial charge is 0.508 e. The third kappa shape index (κ3) is 2.76. The molecule has 3 N–H and O–H groups in total. The summed E-state index contributed by atoms with van der Waals surface area (Å²) in [5, 5.41) is 24.6. The minimum absolute atomic E-state index is 0.0957. The number of aromatic hydroxyl groups is 2. The summed E-state index contributed by atoms with van der Waals surface area (Å²) in [6.07, 6.45) is 1.69. The molecule has 0 spiro atoms. The molecule has 0 radical (unpaired) electrons. The number of carbonyl (C=O) groups is 1. The van der Waals surface area contributed by atoms with Gasteiger partial charge < -0.3 is 20.1 Å². The standard InChI is InChI=1S/C11H11N3O4/c15-7-1-2-8(9(16)5-7)11(17)12-4-3-10-13-6-14-18-10/h1-2,5-6,15-16H,3-4H2,(H,12,17). The molecule has 7 heteroatoms. The second kappa shape index (κ2) is 5.17. The fraction of sp³-hybridized carbons (Fsp3) is 0.182. The zero-order valence-electron chi connectivity index (χ0n) is 9.33. The van der Waals surface area contributed by atoms with Crippen LogP contribution in [0.3, 0.4) is 0 Å². The van der Waals surface area contributed by atoms with Crippen LogP contribution in [0.1, 0.15) is 16.2 Å². The van der Waals surface area contributed by atoms with Crippen LogP contribution in [0.2, 0.25) is 0 Å². The van der Waals surface area contributed by atoms with Crippen LogP contribution in [0.4, 0.5) is 0 Å². The van der Waals surface area contributed by atoms with Gasteiger partial charge in [-0.3, -0.25) is 4.79 Å². The molecule has 0 aliphatic heterocycles. The van der Waals surface area contributed by atoms with E-state index in [4.69, 9.17) is 9.63 Å². The van der Waals surface area contributed by atoms with Gasteiger partial charge >= 0.3 is 0 Å². The Balaban J connectivity index is 1.91. The molecule has 0 saturated heterocycles. The number of amides is 1. The van der Waals surface area contributed by atoms with Gasteiger partial charge in [0.05, 0.1) is 5.56 Å². The summed E-state index contributed by atoms with van der Waals surface area (Å²) in [6, 6.07) is 3.77. The third-order valence-corrected chi connectivity index (χ3v) is 2.26. The number of hydrogen-bond donors (Lipinski definition) is 3. The maximum absolute atomic E-state index is 11.7. The summed E-state index contributed by atoms with van der Waals surface area (Å²) in [5.41, 5.74) is 0.0957. The van der Waals surface area contributed by atoms with E-state index in [0.717, 1.165) is 6.07 Å². The minimum Gasteiger partial charge on any atom is -0.508 e. The summed E-state index contributed by atoms with van der Waals surface area (Å²) in [6.45, 7) is 0.307. The Morgan fingerprint density at radius 3 is 2.89 bits per heavy atom. The predicted octanol–water partition coefficient (Wildman–Crippen LogP) is 0.453. The van der Waals surface area contributed by atoms with E-state index in [1.807, 2.05) is 0 Å². The second-order valence-corrected chi connectivity index (χ2v) is 3.54. The van der Waals surface area contributed by atoms with Gasteiger partial charge in [0, 0.05) is 19.0 Å². The van der Waals surface area contributed by atoms with Gasteiger partial charge in [0.2, 0.25) is 5.89 Å². The average molecular weight is 249 g/mol. The lowest BCUT2D eigenvalue weighted by molar-refractivity contribution is 0.0951. The number of phenolic OH excluding ortho intramolecular Hbond substituents is 2. The lowest BCUT2D eigenvalue weighted by Crippen LogP contribution is -2.25. The van der Waals surface area contributed by atoms with E-state index < -0.39 is 5.91 Å². The second-order valence-electron chi connectivity index (χ2n) is 3.54. The number of nitrogens with one attached hydrogen (secondary N) is 1. The molecule has 0 aliphatic rings. The molecule has 2 rings (SSSR count). The normalized spacial score (nSPS) is 10.2. The van der Waals surface area contributed by atoms with Crippen molar-refractivity contribution in [1.29, 1.82) is 0 Å². The number of aromatic nitrogens is 2. The summed E-state index contributed by atoms with van der Waals surface area (Å²) in [7, 11) is 0. The number of phenols is 2. The van der Waals surface area contributed by atoms with E-state index >= 15 is 0 Å². The fourth-order valence-electron chi connectivity index (χ4n) is 1.40. The van der Waals surface area contributed by atoms with Crippen LogP contribution in [0.25, 0.3) is 0 Å². The summed E-state index contributed by atoms with van der Waals surface area (Å²) >= 11 is 0. The molecule has 0 aliphatic carbocycles. The van der Waals surface area contributed by atoms with Gasteiger partial charge in [0.25, 0.3) is 5.91 Å². The summed E-state index contributed by atoms with van der Waals surface area (Å²) < 4.78 is 4.77. The van der Waals surface area contributed by atoms with E-state index in [1.54, 1.807) is 0 Å². The van der Waals surface area contributed by atoms with Crippen molar-refractivity contribution in [3.63, 3.8) is 0 Å². The zero-order valence-corrected chi connectivity index (χ0v) is 9.33. The number of carbonyl (C=O) groups excluding carboxylic acids is 1. The highest BCUT2D eigenvalue weighted by Gasteiger charge is 2.11. The van der Waals surface area contributed by atoms with Crippen molar-refractivity contribution in [2.45, 2.75) is 6.42 Å². The van der Waals surface area contributed by atoms with Crippen LogP contribution >= 0.6 is 0 Å². The Labute approximate surface area is 102 Å². The Kier molecular flexibility index (Phi) is 3.42. The number of benzene rings is 1. The maximum Gasteiger partial charge on any atom is 0.255 e. The highest BCUT2D eigenvalue weighted by molar-refractivity contribution is 5.96. The van der Waals surface area contributed by atoms with Crippen LogP contribution in [-0.2, 0) is 6.42 Å². The van der Waals surface area contributed by atoms with E-state index in [2.05, 4.69) is 15.5 Å². The van der Waals surface area contributed by atoms with Gasteiger partial charge in [-0.2, -0.15) is 4.98 Å². The SMILES string of the molecule is O=C(NCCc1ncno1)c1ccc(O)cc1O. The predicted molar refractivity (Wildman–Crippen MR) is 60.1 cm³/mol. The van der Waals surface area contributed by atoms with Crippen molar-refractivity contribution in [2.24, 2.45) is 0 Å². The van der Waals surface area contributed by atoms with Crippen molar-refractivity contribution in [2.75, 3.05) is 6.54 Å². The number of nitrogens with zero attached hydrogens (tertiary/aromatic N) is 2. The van der Waals surface area contributed by atoms with Gasteiger partial charge in [0.1, 0.15) is 11.5 Å². The molecule has 2 aromatic rings. The lowest BCUT2D eigenvalue weighted by Gasteiger charge is -2.05. The Morgan fingerprint density at radius 1 is 1.39 bits per heavy atom. The third-order valence-electron chi connectivity index (χ3n) is 2.26. The quantitative estimate of drug-likeness (QED) is 0.726. The highest BCUT2D eigenvalue weighted by Crippen LogP contribution is 2.22. The average Bonchev–Trinajstić information content (AvgIpc) is 2.81. The van der Waals surface area contributed by atoms with E-state index in [1.165, 1.54) is 18.5 Å². The summed E-state index contributed by atoms with van der Waals surface area (Å²) in [4.78, 5) is 15.5. The van der Waals surface area contributed by atoms with Crippen LogP contribution in [0, 0.1) is 0 Å². The monoisotopic (exact) mass is 249 g/mol. The fourth-order valence-corrected chi connectivity index (χ4v) is 1.40. The van der Waals surface area contributed by atoms with Crippen LogP contribution in [0.5, 0.6) is 11.5 Å². The summed E-state index contributed by atoms with van der Waals surface area (Å²) in [5.74, 6) is -0.391. The Hall–Kier alpha value is -2.57. The Morgan fingerprint density at radius 2 is 2.22 bits per heavy atom.